The minimum absolute atomic E-state index is 0.0244. The van der Waals surface area contributed by atoms with Crippen LogP contribution in [0.15, 0.2) is 47.4 Å². The van der Waals surface area contributed by atoms with Crippen LogP contribution in [0.25, 0.3) is 0 Å². The van der Waals surface area contributed by atoms with Crippen molar-refractivity contribution < 1.29 is 14.6 Å². The maximum absolute atomic E-state index is 9.98. The summed E-state index contributed by atoms with van der Waals surface area (Å²) in [6.45, 7) is 4.18. The zero-order chi connectivity index (χ0) is 22.5. The molecule has 3 aliphatic rings. The Balaban J connectivity index is 1.25. The Labute approximate surface area is 202 Å². The lowest BCUT2D eigenvalue weighted by Crippen LogP contribution is -2.33. The molecule has 2 fully saturated rings. The molecule has 0 radical (unpaired) electrons. The van der Waals surface area contributed by atoms with Gasteiger partial charge in [-0.05, 0) is 74.2 Å². The first-order chi connectivity index (χ1) is 16.2. The van der Waals surface area contributed by atoms with E-state index in [0.29, 0.717) is 11.0 Å². The van der Waals surface area contributed by atoms with Crippen LogP contribution in [0.1, 0.15) is 69.5 Å². The van der Waals surface area contributed by atoms with Crippen LogP contribution >= 0.6 is 11.8 Å². The van der Waals surface area contributed by atoms with Crippen LogP contribution in [-0.4, -0.2) is 41.5 Å². The van der Waals surface area contributed by atoms with E-state index in [2.05, 4.69) is 29.2 Å². The van der Waals surface area contributed by atoms with Gasteiger partial charge in [0.15, 0.2) is 0 Å². The highest BCUT2D eigenvalue weighted by Gasteiger charge is 2.34. The fraction of sp³-hybridized carbons (Fsp3) is 0.571. The molecular weight excluding hydrogens is 430 g/mol. The van der Waals surface area contributed by atoms with Crippen LogP contribution in [0.4, 0.5) is 0 Å². The molecule has 0 aromatic heterocycles. The lowest BCUT2D eigenvalue weighted by Gasteiger charge is -2.36. The monoisotopic (exact) mass is 467 g/mol. The van der Waals surface area contributed by atoms with Gasteiger partial charge in [0.05, 0.1) is 10.1 Å². The van der Waals surface area contributed by atoms with E-state index in [1.807, 2.05) is 23.9 Å². The van der Waals surface area contributed by atoms with Crippen LogP contribution in [0.2, 0.25) is 0 Å². The first-order valence-electron chi connectivity index (χ1n) is 12.9. The maximum atomic E-state index is 9.98. The van der Waals surface area contributed by atoms with Crippen molar-refractivity contribution in [2.75, 3.05) is 26.2 Å². The summed E-state index contributed by atoms with van der Waals surface area (Å²) in [5.41, 5.74) is 1.21. The number of hydrogen-bond donors (Lipinski definition) is 1. The van der Waals surface area contributed by atoms with Crippen molar-refractivity contribution in [2.45, 2.75) is 74.0 Å². The van der Waals surface area contributed by atoms with Crippen LogP contribution in [0, 0.1) is 5.92 Å². The number of phenols is 1. The van der Waals surface area contributed by atoms with E-state index < -0.39 is 0 Å². The van der Waals surface area contributed by atoms with Crippen molar-refractivity contribution >= 4 is 11.8 Å². The van der Waals surface area contributed by atoms with Crippen molar-refractivity contribution in [2.24, 2.45) is 5.92 Å². The summed E-state index contributed by atoms with van der Waals surface area (Å²) in [5, 5.41) is 10.3. The third kappa shape index (κ3) is 5.99. The fourth-order valence-electron chi connectivity index (χ4n) is 5.56. The molecule has 2 heterocycles. The molecule has 1 saturated carbocycles. The molecular formula is C28H37NO3S. The molecule has 0 spiro atoms. The Kier molecular flexibility index (Phi) is 7.67. The Hall–Kier alpha value is -1.85. The van der Waals surface area contributed by atoms with Crippen LogP contribution < -0.4 is 9.47 Å². The zero-order valence-corrected chi connectivity index (χ0v) is 20.4. The molecule has 0 unspecified atom stereocenters. The second-order valence-electron chi connectivity index (χ2n) is 9.89. The molecule has 1 aliphatic carbocycles. The number of benzene rings is 2. The number of phenolic OH excluding ortho intramolecular Hbond substituents is 1. The molecule has 178 valence electrons. The summed E-state index contributed by atoms with van der Waals surface area (Å²) >= 11 is 1.88. The van der Waals surface area contributed by atoms with E-state index >= 15 is 0 Å². The minimum atomic E-state index is 0.0244. The molecule has 2 aromatic rings. The second kappa shape index (κ2) is 11.1. The standard InChI is InChI=1S/C28H37NO3S/c30-23-11-14-25-26(20-23)33-27(19-21-7-3-1-4-8-21)28(32-25)22-9-12-24(13-10-22)31-18-17-29-15-5-2-6-16-29/h9-14,20-21,27-28,30H,1-8,15-19H2/t27-,28+/m1/s1. The topological polar surface area (TPSA) is 41.9 Å². The molecule has 5 rings (SSSR count). The molecule has 1 N–H and O–H groups in total. The summed E-state index contributed by atoms with van der Waals surface area (Å²) in [6.07, 6.45) is 12.0. The van der Waals surface area contributed by atoms with Crippen molar-refractivity contribution in [3.63, 3.8) is 0 Å². The van der Waals surface area contributed by atoms with Crippen molar-refractivity contribution in [3.8, 4) is 17.2 Å². The second-order valence-corrected chi connectivity index (χ2v) is 11.2. The van der Waals surface area contributed by atoms with Gasteiger partial charge < -0.3 is 14.6 Å². The van der Waals surface area contributed by atoms with Gasteiger partial charge in [0, 0.05) is 6.54 Å². The lowest BCUT2D eigenvalue weighted by molar-refractivity contribution is 0.171. The van der Waals surface area contributed by atoms with E-state index in [0.717, 1.165) is 35.5 Å². The number of piperidine rings is 1. The molecule has 2 aliphatic heterocycles. The lowest BCUT2D eigenvalue weighted by atomic mass is 9.84. The van der Waals surface area contributed by atoms with Crippen LogP contribution in [0.3, 0.4) is 0 Å². The number of aromatic hydroxyl groups is 1. The summed E-state index contributed by atoms with van der Waals surface area (Å²) in [5.74, 6) is 2.90. The molecule has 2 aromatic carbocycles. The Morgan fingerprint density at radius 2 is 1.70 bits per heavy atom. The number of hydrogen-bond acceptors (Lipinski definition) is 5. The van der Waals surface area contributed by atoms with E-state index in [1.165, 1.54) is 76.4 Å². The fourth-order valence-corrected chi connectivity index (χ4v) is 7.01. The largest absolute Gasteiger partial charge is 0.508 e. The Bertz CT molecular complexity index is 891. The average molecular weight is 468 g/mol. The highest BCUT2D eigenvalue weighted by atomic mass is 32.2. The predicted molar refractivity (Wildman–Crippen MR) is 135 cm³/mol. The van der Waals surface area contributed by atoms with Crippen molar-refractivity contribution in [1.29, 1.82) is 0 Å². The number of fused-ring (bicyclic) bond motifs is 1. The Morgan fingerprint density at radius 3 is 2.48 bits per heavy atom. The number of nitrogens with zero attached hydrogens (tertiary/aromatic N) is 1. The van der Waals surface area contributed by atoms with Crippen LogP contribution in [-0.2, 0) is 0 Å². The third-order valence-corrected chi connectivity index (χ3v) is 8.74. The van der Waals surface area contributed by atoms with E-state index in [1.54, 1.807) is 6.07 Å². The molecule has 33 heavy (non-hydrogen) atoms. The predicted octanol–water partition coefficient (Wildman–Crippen LogP) is 6.82. The molecule has 2 atom stereocenters. The molecule has 1 saturated heterocycles. The molecule has 5 heteroatoms. The number of thioether (sulfide) groups is 1. The van der Waals surface area contributed by atoms with Gasteiger partial charge in [-0.15, -0.1) is 11.8 Å². The summed E-state index contributed by atoms with van der Waals surface area (Å²) in [4.78, 5) is 3.57. The van der Waals surface area contributed by atoms with Gasteiger partial charge in [0.1, 0.15) is 30.0 Å². The zero-order valence-electron chi connectivity index (χ0n) is 19.6. The van der Waals surface area contributed by atoms with Gasteiger partial charge in [-0.1, -0.05) is 50.7 Å². The van der Waals surface area contributed by atoms with Crippen molar-refractivity contribution in [1.82, 2.24) is 4.90 Å². The first kappa shape index (κ1) is 22.9. The summed E-state index contributed by atoms with van der Waals surface area (Å²) < 4.78 is 12.6. The van der Waals surface area contributed by atoms with Gasteiger partial charge >= 0.3 is 0 Å². The van der Waals surface area contributed by atoms with Crippen LogP contribution in [0.5, 0.6) is 17.2 Å². The first-order valence-corrected chi connectivity index (χ1v) is 13.7. The van der Waals surface area contributed by atoms with E-state index in [-0.39, 0.29) is 6.10 Å². The quantitative estimate of drug-likeness (QED) is 0.484. The normalized spacial score (nSPS) is 24.1. The Morgan fingerprint density at radius 1 is 0.939 bits per heavy atom. The maximum Gasteiger partial charge on any atom is 0.136 e. The highest BCUT2D eigenvalue weighted by Crippen LogP contribution is 2.49. The molecule has 0 amide bonds. The number of ether oxygens (including phenoxy) is 2. The average Bonchev–Trinajstić information content (AvgIpc) is 2.85. The van der Waals surface area contributed by atoms with E-state index in [9.17, 15) is 5.11 Å². The molecule has 0 bridgehead atoms. The van der Waals surface area contributed by atoms with Gasteiger partial charge in [0.25, 0.3) is 0 Å². The SMILES string of the molecule is Oc1ccc2c(c1)S[C@H](CC1CCCCC1)[C@H](c1ccc(OCCN3CCCCC3)cc1)O2. The minimum Gasteiger partial charge on any atom is -0.508 e. The van der Waals surface area contributed by atoms with Gasteiger partial charge in [-0.25, -0.2) is 0 Å². The number of rotatable bonds is 7. The molecule has 4 nitrogen and oxygen atoms in total. The summed E-state index contributed by atoms with van der Waals surface area (Å²) in [6, 6.07) is 14.0. The highest BCUT2D eigenvalue weighted by molar-refractivity contribution is 8.00. The number of likely N-dealkylation sites (tertiary alicyclic amines) is 1. The van der Waals surface area contributed by atoms with Gasteiger partial charge in [-0.3, -0.25) is 4.90 Å². The van der Waals surface area contributed by atoms with E-state index in [4.69, 9.17) is 9.47 Å². The van der Waals surface area contributed by atoms with Crippen molar-refractivity contribution in [3.05, 3.63) is 48.0 Å². The smallest absolute Gasteiger partial charge is 0.136 e. The third-order valence-electron chi connectivity index (χ3n) is 7.42. The van der Waals surface area contributed by atoms with Gasteiger partial charge in [0.2, 0.25) is 0 Å². The summed E-state index contributed by atoms with van der Waals surface area (Å²) in [7, 11) is 0. The van der Waals surface area contributed by atoms with Gasteiger partial charge in [-0.2, -0.15) is 0 Å².